The van der Waals surface area contributed by atoms with E-state index in [1.165, 1.54) is 17.2 Å². The van der Waals surface area contributed by atoms with E-state index >= 15 is 4.39 Å². The molecule has 3 aromatic carbocycles. The van der Waals surface area contributed by atoms with Gasteiger partial charge in [-0.1, -0.05) is 6.07 Å². The molecule has 3 saturated heterocycles. The van der Waals surface area contributed by atoms with Crippen LogP contribution in [0.1, 0.15) is 73.1 Å². The molecule has 2 N–H and O–H groups in total. The fraction of sp³-hybridized carbons (Fsp3) is 0.442. The maximum absolute atomic E-state index is 15.3. The average Bonchev–Trinajstić information content (AvgIpc) is 3.18. The van der Waals surface area contributed by atoms with E-state index in [0.29, 0.717) is 35.2 Å². The molecule has 4 aromatic rings. The zero-order chi connectivity index (χ0) is 37.5. The molecular weight excluding hydrogens is 682 g/mol. The van der Waals surface area contributed by atoms with Crippen LogP contribution in [0.5, 0.6) is 0 Å². The van der Waals surface area contributed by atoms with E-state index in [0.717, 1.165) is 106 Å². The van der Waals surface area contributed by atoms with Crippen molar-refractivity contribution in [2.45, 2.75) is 70.3 Å². The van der Waals surface area contributed by atoms with Crippen molar-refractivity contribution >= 4 is 45.5 Å². The van der Waals surface area contributed by atoms with Crippen molar-refractivity contribution in [2.24, 2.45) is 13.0 Å². The number of carbonyl (C=O) groups is 2. The number of aromatic nitrogens is 1. The number of fused-ring (bicyclic) bond motifs is 2. The Kier molecular flexibility index (Phi) is 9.88. The van der Waals surface area contributed by atoms with Gasteiger partial charge in [0.05, 0.1) is 28.5 Å². The number of nitriles is 1. The third-order valence-electron chi connectivity index (χ3n) is 12.2. The highest BCUT2D eigenvalue weighted by atomic mass is 19.1. The zero-order valence-electron chi connectivity index (χ0n) is 31.2. The van der Waals surface area contributed by atoms with Gasteiger partial charge in [-0.15, -0.1) is 0 Å². The molecule has 3 fully saturated rings. The fourth-order valence-electron chi connectivity index (χ4n) is 9.13. The molecule has 1 atom stereocenters. The number of amides is 2. The van der Waals surface area contributed by atoms with Gasteiger partial charge < -0.3 is 24.6 Å². The van der Waals surface area contributed by atoms with Crippen LogP contribution in [0.3, 0.4) is 0 Å². The van der Waals surface area contributed by atoms with Crippen molar-refractivity contribution in [3.05, 3.63) is 93.0 Å². The Bertz CT molecular complexity index is 2210. The highest BCUT2D eigenvalue weighted by molar-refractivity contribution is 6.01. The van der Waals surface area contributed by atoms with Gasteiger partial charge in [0.15, 0.2) is 0 Å². The molecule has 0 radical (unpaired) electrons. The van der Waals surface area contributed by atoms with Gasteiger partial charge >= 0.3 is 0 Å². The van der Waals surface area contributed by atoms with E-state index in [1.807, 2.05) is 38.2 Å². The van der Waals surface area contributed by atoms with Crippen LogP contribution >= 0.6 is 0 Å². The lowest BCUT2D eigenvalue weighted by atomic mass is 9.86. The van der Waals surface area contributed by atoms with Crippen LogP contribution < -0.4 is 26.0 Å². The number of aryl methyl sites for hydroxylation is 3. The number of nitrogens with one attached hydrogen (secondary N) is 2. The summed E-state index contributed by atoms with van der Waals surface area (Å²) in [6.07, 6.45) is 6.77. The molecule has 4 aliphatic rings. The summed E-state index contributed by atoms with van der Waals surface area (Å²) in [5.41, 5.74) is 8.21. The van der Waals surface area contributed by atoms with Gasteiger partial charge in [-0.2, -0.15) is 5.26 Å². The van der Waals surface area contributed by atoms with Gasteiger partial charge in [0.1, 0.15) is 11.9 Å². The maximum Gasteiger partial charge on any atom is 0.253 e. The van der Waals surface area contributed by atoms with E-state index in [9.17, 15) is 19.6 Å². The summed E-state index contributed by atoms with van der Waals surface area (Å²) >= 11 is 0. The van der Waals surface area contributed by atoms with Gasteiger partial charge in [-0.05, 0) is 136 Å². The number of piperidine rings is 3. The average molecular weight is 730 g/mol. The number of imide groups is 1. The normalized spacial score (nSPS) is 20.1. The van der Waals surface area contributed by atoms with E-state index < -0.39 is 6.04 Å². The number of halogens is 1. The zero-order valence-corrected chi connectivity index (χ0v) is 31.2. The number of anilines is 4. The summed E-state index contributed by atoms with van der Waals surface area (Å²) in [5.74, 6) is -0.0186. The van der Waals surface area contributed by atoms with Crippen molar-refractivity contribution in [3.8, 4) is 6.07 Å². The number of hydrogen-bond donors (Lipinski definition) is 2. The minimum atomic E-state index is -0.546. The molecule has 11 heteroatoms. The molecule has 0 spiro atoms. The van der Waals surface area contributed by atoms with Gasteiger partial charge in [0.2, 0.25) is 11.8 Å². The summed E-state index contributed by atoms with van der Waals surface area (Å²) in [5, 5.41) is 16.2. The SMILES string of the molecule is Cc1cc2c(N3CCCc4ccc(C#N)cc43)cc(C3CCN(CC4CCN(c5ccc(NC6CCC(=O)NC6=O)cc5F)CC4)CC3)cc2n(C)c1=O. The smallest absolute Gasteiger partial charge is 0.253 e. The first-order chi connectivity index (χ1) is 26.1. The lowest BCUT2D eigenvalue weighted by molar-refractivity contribution is -0.133. The third-order valence-corrected chi connectivity index (χ3v) is 12.2. The monoisotopic (exact) mass is 729 g/mol. The van der Waals surface area contributed by atoms with E-state index in [2.05, 4.69) is 49.6 Å². The van der Waals surface area contributed by atoms with Gasteiger partial charge in [0, 0.05) is 62.0 Å². The molecule has 1 unspecified atom stereocenters. The Morgan fingerprint density at radius 2 is 1.67 bits per heavy atom. The largest absolute Gasteiger partial charge is 0.374 e. The molecule has 54 heavy (non-hydrogen) atoms. The Hall–Kier alpha value is -5.21. The molecule has 1 aromatic heterocycles. The summed E-state index contributed by atoms with van der Waals surface area (Å²) in [6, 6.07) is 19.5. The second-order valence-corrected chi connectivity index (χ2v) is 15.7. The van der Waals surface area contributed by atoms with Crippen LogP contribution in [-0.4, -0.2) is 66.6 Å². The van der Waals surface area contributed by atoms with Crippen LogP contribution in [0.25, 0.3) is 10.9 Å². The number of benzene rings is 3. The Morgan fingerprint density at radius 1 is 0.870 bits per heavy atom. The first-order valence-corrected chi connectivity index (χ1v) is 19.5. The molecule has 8 rings (SSSR count). The van der Waals surface area contributed by atoms with E-state index in [1.54, 1.807) is 10.6 Å². The van der Waals surface area contributed by atoms with Crippen LogP contribution in [0.15, 0.2) is 59.4 Å². The Morgan fingerprint density at radius 3 is 2.41 bits per heavy atom. The van der Waals surface area contributed by atoms with E-state index in [4.69, 9.17) is 0 Å². The van der Waals surface area contributed by atoms with Crippen LogP contribution in [-0.2, 0) is 23.1 Å². The van der Waals surface area contributed by atoms with Gasteiger partial charge in [-0.3, -0.25) is 19.7 Å². The molecule has 0 saturated carbocycles. The molecule has 10 nitrogen and oxygen atoms in total. The standard InChI is InChI=1S/C43H48FN7O3/c1-27-20-34-39(48(2)43(27)54)22-32(23-40(34)51-15-3-4-31-6-5-29(25-45)21-38(31)51)30-13-16-49(17-14-30)26-28-11-18-50(19-12-28)37-9-7-33(24-35(37)44)46-36-8-10-41(52)47-42(36)53/h5-7,9,20-24,28,30,36,46H,3-4,8,10-19,26H2,1-2H3,(H,47,52,53). The van der Waals surface area contributed by atoms with Crippen LogP contribution in [0.2, 0.25) is 0 Å². The van der Waals surface area contributed by atoms with Crippen molar-refractivity contribution in [1.82, 2.24) is 14.8 Å². The number of carbonyl (C=O) groups excluding carboxylic acids is 2. The quantitative estimate of drug-likeness (QED) is 0.215. The Labute approximate surface area is 315 Å². The van der Waals surface area contributed by atoms with E-state index in [-0.39, 0.29) is 29.6 Å². The predicted molar refractivity (Wildman–Crippen MR) is 210 cm³/mol. The summed E-state index contributed by atoms with van der Waals surface area (Å²) in [7, 11) is 1.88. The third kappa shape index (κ3) is 7.07. The highest BCUT2D eigenvalue weighted by Crippen LogP contribution is 2.41. The lowest BCUT2D eigenvalue weighted by Gasteiger charge is -2.39. The predicted octanol–water partition coefficient (Wildman–Crippen LogP) is 6.26. The number of likely N-dealkylation sites (tertiary alicyclic amines) is 1. The van der Waals surface area contributed by atoms with Crippen LogP contribution in [0, 0.1) is 30.0 Å². The molecule has 4 aliphatic heterocycles. The molecule has 0 aliphatic carbocycles. The first-order valence-electron chi connectivity index (χ1n) is 19.5. The molecular formula is C43H48FN7O3. The molecule has 2 amide bonds. The van der Waals surface area contributed by atoms with Crippen molar-refractivity contribution < 1.29 is 14.0 Å². The maximum atomic E-state index is 15.3. The first kappa shape index (κ1) is 35.8. The van der Waals surface area contributed by atoms with Gasteiger partial charge in [-0.25, -0.2) is 4.39 Å². The fourth-order valence-corrected chi connectivity index (χ4v) is 9.13. The van der Waals surface area contributed by atoms with Crippen molar-refractivity contribution in [1.29, 1.82) is 5.26 Å². The molecule has 280 valence electrons. The second-order valence-electron chi connectivity index (χ2n) is 15.7. The summed E-state index contributed by atoms with van der Waals surface area (Å²) < 4.78 is 17.1. The topological polar surface area (TPSA) is 114 Å². The van der Waals surface area contributed by atoms with Crippen molar-refractivity contribution in [3.63, 3.8) is 0 Å². The Balaban J connectivity index is 0.916. The summed E-state index contributed by atoms with van der Waals surface area (Å²) in [6.45, 7) is 7.41. The minimum Gasteiger partial charge on any atom is -0.374 e. The summed E-state index contributed by atoms with van der Waals surface area (Å²) in [4.78, 5) is 43.8. The van der Waals surface area contributed by atoms with Crippen LogP contribution in [0.4, 0.5) is 27.1 Å². The number of hydrogen-bond acceptors (Lipinski definition) is 8. The molecule has 0 bridgehead atoms. The minimum absolute atomic E-state index is 0.0267. The number of nitrogens with zero attached hydrogens (tertiary/aromatic N) is 5. The molecule has 5 heterocycles. The number of rotatable bonds is 7. The highest BCUT2D eigenvalue weighted by Gasteiger charge is 2.30. The van der Waals surface area contributed by atoms with Gasteiger partial charge in [0.25, 0.3) is 5.56 Å². The second kappa shape index (κ2) is 14.9. The van der Waals surface area contributed by atoms with Crippen molar-refractivity contribution in [2.75, 3.05) is 54.4 Å². The lowest BCUT2D eigenvalue weighted by Crippen LogP contribution is -2.47. The number of pyridine rings is 1.